The molecule has 1 amide bonds. The van der Waals surface area contributed by atoms with Gasteiger partial charge in [0.2, 0.25) is 0 Å². The quantitative estimate of drug-likeness (QED) is 0.541. The second-order valence-electron chi connectivity index (χ2n) is 3.77. The Morgan fingerprint density at radius 2 is 2.17 bits per heavy atom. The Kier molecular flexibility index (Phi) is 2.80. The van der Waals surface area contributed by atoms with E-state index in [0.29, 0.717) is 11.4 Å². The van der Waals surface area contributed by atoms with Crippen molar-refractivity contribution < 1.29 is 15.0 Å². The van der Waals surface area contributed by atoms with Gasteiger partial charge < -0.3 is 21.3 Å². The van der Waals surface area contributed by atoms with Crippen molar-refractivity contribution in [2.45, 2.75) is 6.92 Å². The summed E-state index contributed by atoms with van der Waals surface area (Å²) in [5, 5.41) is 27.6. The van der Waals surface area contributed by atoms with Crippen LogP contribution in [0, 0.1) is 6.92 Å². The monoisotopic (exact) mass is 248 g/mol. The minimum absolute atomic E-state index is 0.0212. The van der Waals surface area contributed by atoms with Crippen LogP contribution in [0.2, 0.25) is 0 Å². The lowest BCUT2D eigenvalue weighted by Crippen LogP contribution is -2.13. The molecule has 1 heterocycles. The van der Waals surface area contributed by atoms with Crippen LogP contribution in [0.4, 0.5) is 11.5 Å². The number of hydrogen-bond acceptors (Lipinski definition) is 5. The van der Waals surface area contributed by atoms with Crippen LogP contribution in [0.15, 0.2) is 18.2 Å². The summed E-state index contributed by atoms with van der Waals surface area (Å²) in [5.74, 6) is -0.812. The summed E-state index contributed by atoms with van der Waals surface area (Å²) in [5.41, 5.74) is 6.68. The number of nitrogens with one attached hydrogen (secondary N) is 2. The number of carbonyl (C=O) groups excluding carboxylic acids is 1. The number of carbonyl (C=O) groups is 1. The molecule has 0 spiro atoms. The number of phenolic OH excluding ortho intramolecular Hbond substituents is 2. The first-order chi connectivity index (χ1) is 8.49. The Balaban J connectivity index is 2.25. The molecule has 0 saturated heterocycles. The lowest BCUT2D eigenvalue weighted by Gasteiger charge is -2.05. The van der Waals surface area contributed by atoms with Gasteiger partial charge in [-0.3, -0.25) is 9.89 Å². The topological polar surface area (TPSA) is 124 Å². The third-order valence-corrected chi connectivity index (χ3v) is 2.45. The van der Waals surface area contributed by atoms with Gasteiger partial charge in [0.1, 0.15) is 11.5 Å². The van der Waals surface area contributed by atoms with Gasteiger partial charge in [-0.05, 0) is 19.1 Å². The van der Waals surface area contributed by atoms with Crippen LogP contribution in [0.1, 0.15) is 16.1 Å². The Labute approximate surface area is 102 Å². The van der Waals surface area contributed by atoms with E-state index >= 15 is 0 Å². The zero-order valence-electron chi connectivity index (χ0n) is 9.56. The molecule has 0 aliphatic heterocycles. The van der Waals surface area contributed by atoms with Crippen molar-refractivity contribution in [1.29, 1.82) is 0 Å². The summed E-state index contributed by atoms with van der Waals surface area (Å²) >= 11 is 0. The number of aromatic hydroxyl groups is 2. The number of aryl methyl sites for hydroxylation is 1. The van der Waals surface area contributed by atoms with Gasteiger partial charge in [0.25, 0.3) is 5.91 Å². The third kappa shape index (κ3) is 2.05. The first-order valence-electron chi connectivity index (χ1n) is 5.13. The highest BCUT2D eigenvalue weighted by Gasteiger charge is 2.15. The van der Waals surface area contributed by atoms with E-state index in [0.717, 1.165) is 6.07 Å². The number of phenols is 2. The molecule has 2 aromatic rings. The summed E-state index contributed by atoms with van der Waals surface area (Å²) in [6, 6.07) is 3.68. The van der Waals surface area contributed by atoms with Crippen molar-refractivity contribution in [3.63, 3.8) is 0 Å². The maximum atomic E-state index is 11.8. The van der Waals surface area contributed by atoms with Crippen molar-refractivity contribution >= 4 is 17.4 Å². The molecule has 0 aliphatic rings. The molecule has 0 aliphatic carbocycles. The molecule has 18 heavy (non-hydrogen) atoms. The van der Waals surface area contributed by atoms with Gasteiger partial charge in [-0.1, -0.05) is 0 Å². The van der Waals surface area contributed by atoms with Crippen LogP contribution in [0.5, 0.6) is 11.5 Å². The number of benzene rings is 1. The average Bonchev–Trinajstić information content (AvgIpc) is 2.61. The maximum absolute atomic E-state index is 11.8. The van der Waals surface area contributed by atoms with Crippen LogP contribution in [-0.4, -0.2) is 26.3 Å². The van der Waals surface area contributed by atoms with Crippen molar-refractivity contribution in [3.05, 3.63) is 29.5 Å². The molecule has 0 bridgehead atoms. The highest BCUT2D eigenvalue weighted by atomic mass is 16.3. The van der Waals surface area contributed by atoms with E-state index in [1.54, 1.807) is 6.92 Å². The van der Waals surface area contributed by atoms with E-state index in [1.165, 1.54) is 12.1 Å². The van der Waals surface area contributed by atoms with Gasteiger partial charge >= 0.3 is 0 Å². The Hall–Kier alpha value is -2.70. The van der Waals surface area contributed by atoms with Gasteiger partial charge in [0, 0.05) is 6.07 Å². The Morgan fingerprint density at radius 3 is 2.72 bits per heavy atom. The van der Waals surface area contributed by atoms with Crippen LogP contribution >= 0.6 is 0 Å². The number of hydrogen-bond donors (Lipinski definition) is 5. The van der Waals surface area contributed by atoms with Gasteiger partial charge in [-0.15, -0.1) is 0 Å². The van der Waals surface area contributed by atoms with Gasteiger partial charge in [-0.25, -0.2) is 0 Å². The van der Waals surface area contributed by atoms with E-state index in [-0.39, 0.29) is 22.9 Å². The molecule has 1 aromatic carbocycles. The maximum Gasteiger partial charge on any atom is 0.260 e. The number of aromatic nitrogens is 2. The normalized spacial score (nSPS) is 10.3. The van der Waals surface area contributed by atoms with E-state index in [9.17, 15) is 9.90 Å². The first kappa shape index (κ1) is 11.8. The van der Waals surface area contributed by atoms with Crippen LogP contribution in [0.25, 0.3) is 0 Å². The van der Waals surface area contributed by atoms with Crippen LogP contribution in [-0.2, 0) is 0 Å². The smallest absolute Gasteiger partial charge is 0.260 e. The van der Waals surface area contributed by atoms with E-state index in [4.69, 9.17) is 10.8 Å². The van der Waals surface area contributed by atoms with E-state index < -0.39 is 5.91 Å². The van der Waals surface area contributed by atoms with Crippen molar-refractivity contribution in [2.24, 2.45) is 0 Å². The summed E-state index contributed by atoms with van der Waals surface area (Å²) in [6.45, 7) is 1.72. The number of amides is 1. The SMILES string of the molecule is Cc1[nH]nc(NC(=O)c2ccc(O)cc2O)c1N. The van der Waals surface area contributed by atoms with Gasteiger partial charge in [0.15, 0.2) is 5.82 Å². The minimum Gasteiger partial charge on any atom is -0.508 e. The van der Waals surface area contributed by atoms with E-state index in [2.05, 4.69) is 15.5 Å². The molecule has 1 aromatic heterocycles. The zero-order valence-corrected chi connectivity index (χ0v) is 9.56. The minimum atomic E-state index is -0.564. The molecular weight excluding hydrogens is 236 g/mol. The summed E-state index contributed by atoms with van der Waals surface area (Å²) in [7, 11) is 0. The number of nitrogens with two attached hydrogens (primary N) is 1. The van der Waals surface area contributed by atoms with Crippen molar-refractivity contribution in [3.8, 4) is 11.5 Å². The molecule has 0 radical (unpaired) electrons. The zero-order chi connectivity index (χ0) is 13.3. The summed E-state index contributed by atoms with van der Waals surface area (Å²) in [4.78, 5) is 11.8. The lowest BCUT2D eigenvalue weighted by molar-refractivity contribution is 0.102. The predicted octanol–water partition coefficient (Wildman–Crippen LogP) is 0.964. The number of aromatic amines is 1. The van der Waals surface area contributed by atoms with Crippen molar-refractivity contribution in [2.75, 3.05) is 11.1 Å². The highest BCUT2D eigenvalue weighted by molar-refractivity contribution is 6.07. The largest absolute Gasteiger partial charge is 0.508 e. The second-order valence-corrected chi connectivity index (χ2v) is 3.77. The third-order valence-electron chi connectivity index (χ3n) is 2.45. The second kappa shape index (κ2) is 4.28. The molecular formula is C11H12N4O3. The molecule has 6 N–H and O–H groups in total. The molecule has 0 atom stereocenters. The van der Waals surface area contributed by atoms with Crippen LogP contribution in [0.3, 0.4) is 0 Å². The molecule has 7 heteroatoms. The molecule has 0 saturated carbocycles. The fourth-order valence-corrected chi connectivity index (χ4v) is 1.42. The standard InChI is InChI=1S/C11H12N4O3/c1-5-9(12)10(15-14-5)13-11(18)7-3-2-6(16)4-8(7)17/h2-4,16-17H,12H2,1H3,(H2,13,14,15,18). The van der Waals surface area contributed by atoms with Crippen molar-refractivity contribution in [1.82, 2.24) is 10.2 Å². The highest BCUT2D eigenvalue weighted by Crippen LogP contribution is 2.24. The summed E-state index contributed by atoms with van der Waals surface area (Å²) < 4.78 is 0. The Bertz CT molecular complexity index is 606. The molecule has 7 nitrogen and oxygen atoms in total. The molecule has 0 fully saturated rings. The van der Waals surface area contributed by atoms with E-state index in [1.807, 2.05) is 0 Å². The molecule has 94 valence electrons. The summed E-state index contributed by atoms with van der Waals surface area (Å²) in [6.07, 6.45) is 0. The lowest BCUT2D eigenvalue weighted by atomic mass is 10.2. The number of anilines is 2. The predicted molar refractivity (Wildman–Crippen MR) is 65.5 cm³/mol. The first-order valence-corrected chi connectivity index (χ1v) is 5.13. The number of nitrogens with zero attached hydrogens (tertiary/aromatic N) is 1. The number of H-pyrrole nitrogens is 1. The number of nitrogen functional groups attached to an aromatic ring is 1. The number of rotatable bonds is 2. The fraction of sp³-hybridized carbons (Fsp3) is 0.0909. The Morgan fingerprint density at radius 1 is 1.44 bits per heavy atom. The van der Waals surface area contributed by atoms with Gasteiger partial charge in [-0.2, -0.15) is 5.10 Å². The molecule has 2 rings (SSSR count). The average molecular weight is 248 g/mol. The van der Waals surface area contributed by atoms with Crippen LogP contribution < -0.4 is 11.1 Å². The van der Waals surface area contributed by atoms with Gasteiger partial charge in [0.05, 0.1) is 16.9 Å². The molecule has 0 unspecified atom stereocenters. The fourth-order valence-electron chi connectivity index (χ4n) is 1.42.